The molecule has 1 nitrogen and oxygen atoms in total. The highest BCUT2D eigenvalue weighted by Crippen LogP contribution is 2.17. The van der Waals surface area contributed by atoms with Crippen LogP contribution in [-0.2, 0) is 4.80 Å². The first-order valence-electron chi connectivity index (χ1n) is 3.91. The summed E-state index contributed by atoms with van der Waals surface area (Å²) in [4.78, 5) is 11.3. The second-order valence-electron chi connectivity index (χ2n) is 4.82. The van der Waals surface area contributed by atoms with Crippen LogP contribution in [0.5, 0.6) is 0 Å². The van der Waals surface area contributed by atoms with Crippen LogP contribution in [0.15, 0.2) is 0 Å². The number of hydrogen-bond acceptors (Lipinski definition) is 0. The highest BCUT2D eigenvalue weighted by Gasteiger charge is 2.23. The molecular weight excluding hydrogens is 156 g/mol. The minimum Gasteiger partial charge on any atom is -0.298 e. The van der Waals surface area contributed by atoms with Crippen LogP contribution in [0.25, 0.3) is 0 Å². The molecule has 0 aromatic carbocycles. The van der Waals surface area contributed by atoms with E-state index in [0.29, 0.717) is 0 Å². The van der Waals surface area contributed by atoms with Gasteiger partial charge in [0.15, 0.2) is 0 Å². The number of hydrogen-bond donors (Lipinski definition) is 0. The predicted molar refractivity (Wildman–Crippen MR) is 51.1 cm³/mol. The normalized spacial score (nSPS) is 13.8. The van der Waals surface area contributed by atoms with Gasteiger partial charge in [-0.3, -0.25) is 4.80 Å². The van der Waals surface area contributed by atoms with Gasteiger partial charge in [-0.15, -0.1) is 0 Å². The molecule has 0 aromatic heterocycles. The van der Waals surface area contributed by atoms with E-state index in [1.54, 1.807) is 0 Å². The predicted octanol–water partition coefficient (Wildman–Crippen LogP) is 2.96. The molecule has 61 valence electrons. The van der Waals surface area contributed by atoms with Gasteiger partial charge in [0.2, 0.25) is 8.32 Å². The van der Waals surface area contributed by atoms with Crippen molar-refractivity contribution < 1.29 is 4.80 Å². The molecule has 1 radical (unpaired) electrons. The maximum absolute atomic E-state index is 11.3. The van der Waals surface area contributed by atoms with Crippen molar-refractivity contribution in [2.75, 3.05) is 0 Å². The van der Waals surface area contributed by atoms with Crippen molar-refractivity contribution in [1.29, 1.82) is 0 Å². The molecule has 0 aromatic rings. The third-order valence-electron chi connectivity index (χ3n) is 1.48. The van der Waals surface area contributed by atoms with Crippen molar-refractivity contribution in [1.82, 2.24) is 0 Å². The van der Waals surface area contributed by atoms with Crippen LogP contribution in [-0.4, -0.2) is 16.4 Å². The van der Waals surface area contributed by atoms with Crippen LogP contribution in [0.3, 0.4) is 0 Å². The average Bonchev–Trinajstić information content (AvgIpc) is 1.57. The highest BCUT2D eigenvalue weighted by atomic mass is 28.4. The van der Waals surface area contributed by atoms with Crippen LogP contribution in [0, 0.1) is 0 Å². The van der Waals surface area contributed by atoms with Gasteiger partial charge in [0.1, 0.15) is 0 Å². The van der Waals surface area contributed by atoms with Gasteiger partial charge in [-0.25, -0.2) is 0 Å². The van der Waals surface area contributed by atoms with Gasteiger partial charge in [-0.2, -0.15) is 0 Å². The fourth-order valence-corrected chi connectivity index (χ4v) is 6.08. The molecule has 0 bridgehead atoms. The zero-order valence-corrected chi connectivity index (χ0v) is 9.82. The van der Waals surface area contributed by atoms with E-state index in [1.807, 2.05) is 13.1 Å². The maximum atomic E-state index is 11.3. The molecule has 0 saturated carbocycles. The van der Waals surface area contributed by atoms with E-state index in [1.165, 1.54) is 6.04 Å². The summed E-state index contributed by atoms with van der Waals surface area (Å²) < 4.78 is 0. The second-order valence-corrected chi connectivity index (χ2v) is 14.5. The van der Waals surface area contributed by atoms with E-state index in [0.717, 1.165) is 6.04 Å². The Balaban J connectivity index is 3.56. The number of rotatable bonds is 3. The summed E-state index contributed by atoms with van der Waals surface area (Å²) in [7, 11) is -2.91. The molecule has 0 spiro atoms. The van der Waals surface area contributed by atoms with Gasteiger partial charge in [-0.1, -0.05) is 25.7 Å². The van der Waals surface area contributed by atoms with Crippen LogP contribution < -0.4 is 0 Å². The molecule has 0 fully saturated rings. The first-order valence-corrected chi connectivity index (χ1v) is 10.7. The smallest absolute Gasteiger partial charge is 0.231 e. The van der Waals surface area contributed by atoms with E-state index in [2.05, 4.69) is 19.6 Å². The summed E-state index contributed by atoms with van der Waals surface area (Å²) in [6, 6.07) is 2.19. The van der Waals surface area contributed by atoms with Crippen LogP contribution >= 0.6 is 0 Å². The Morgan fingerprint density at radius 1 is 0.900 bits per heavy atom. The van der Waals surface area contributed by atoms with Crippen LogP contribution in [0.4, 0.5) is 0 Å². The Bertz CT molecular complexity index is 85.2. The van der Waals surface area contributed by atoms with Gasteiger partial charge >= 0.3 is 0 Å². The summed E-state index contributed by atoms with van der Waals surface area (Å²) >= 11 is 0. The van der Waals surface area contributed by atoms with Crippen molar-refractivity contribution >= 4 is 16.4 Å². The standard InChI is InChI=1S/C7H19OSi2/c1-9(2,3)6-7-10(4,5)8/h6-7H2,1-5H3. The first-order chi connectivity index (χ1) is 4.21. The largest absolute Gasteiger partial charge is 0.298 e. The Hall–Kier alpha value is 0.394. The zero-order valence-electron chi connectivity index (χ0n) is 7.82. The lowest BCUT2D eigenvalue weighted by atomic mass is 10.9. The summed E-state index contributed by atoms with van der Waals surface area (Å²) in [6.45, 7) is 10.8. The summed E-state index contributed by atoms with van der Waals surface area (Å²) in [5.74, 6) is 0. The lowest BCUT2D eigenvalue weighted by molar-refractivity contribution is 0.429. The van der Waals surface area contributed by atoms with Gasteiger partial charge < -0.3 is 0 Å². The van der Waals surface area contributed by atoms with Crippen LogP contribution in [0.1, 0.15) is 0 Å². The molecule has 10 heavy (non-hydrogen) atoms. The van der Waals surface area contributed by atoms with E-state index >= 15 is 0 Å². The third kappa shape index (κ3) is 8.39. The molecule has 0 aliphatic heterocycles. The molecule has 0 unspecified atom stereocenters. The summed E-state index contributed by atoms with van der Waals surface area (Å²) in [5.41, 5.74) is 0. The van der Waals surface area contributed by atoms with Gasteiger partial charge in [0.25, 0.3) is 0 Å². The average molecular weight is 175 g/mol. The highest BCUT2D eigenvalue weighted by molar-refractivity contribution is 6.79. The van der Waals surface area contributed by atoms with E-state index < -0.39 is 16.4 Å². The minimum absolute atomic E-state index is 0.932. The molecular formula is C7H19OSi2. The maximum Gasteiger partial charge on any atom is 0.231 e. The van der Waals surface area contributed by atoms with E-state index in [4.69, 9.17) is 0 Å². The Morgan fingerprint density at radius 3 is 1.40 bits per heavy atom. The van der Waals surface area contributed by atoms with Crippen molar-refractivity contribution in [3.05, 3.63) is 0 Å². The molecule has 0 aliphatic carbocycles. The fraction of sp³-hybridized carbons (Fsp3) is 1.00. The lowest BCUT2D eigenvalue weighted by Crippen LogP contribution is -2.28. The molecule has 0 rings (SSSR count). The fourth-order valence-electron chi connectivity index (χ4n) is 0.676. The monoisotopic (exact) mass is 175 g/mol. The van der Waals surface area contributed by atoms with Gasteiger partial charge in [-0.05, 0) is 19.1 Å². The van der Waals surface area contributed by atoms with Crippen molar-refractivity contribution in [2.24, 2.45) is 0 Å². The second kappa shape index (κ2) is 3.19. The zero-order chi connectivity index (χ0) is 8.41. The molecule has 0 N–H and O–H groups in total. The SMILES string of the molecule is C[Si](C)(C)CC[Si](C)(C)[O]. The van der Waals surface area contributed by atoms with Crippen molar-refractivity contribution in [3.8, 4) is 0 Å². The molecule has 0 saturated heterocycles. The molecule has 0 heterocycles. The van der Waals surface area contributed by atoms with Crippen molar-refractivity contribution in [3.63, 3.8) is 0 Å². The lowest BCUT2D eigenvalue weighted by Gasteiger charge is -2.19. The minimum atomic E-state index is -1.98. The Morgan fingerprint density at radius 2 is 1.30 bits per heavy atom. The van der Waals surface area contributed by atoms with Gasteiger partial charge in [0.05, 0.1) is 0 Å². The summed E-state index contributed by atoms with van der Waals surface area (Å²) in [5, 5.41) is 0. The summed E-state index contributed by atoms with van der Waals surface area (Å²) in [6.07, 6.45) is 0. The van der Waals surface area contributed by atoms with Gasteiger partial charge in [0, 0.05) is 8.07 Å². The van der Waals surface area contributed by atoms with E-state index in [9.17, 15) is 4.80 Å². The Labute approximate surface area is 66.6 Å². The quantitative estimate of drug-likeness (QED) is 0.588. The van der Waals surface area contributed by atoms with Crippen LogP contribution in [0.2, 0.25) is 44.8 Å². The third-order valence-corrected chi connectivity index (χ3v) is 5.18. The first kappa shape index (κ1) is 10.4. The Kier molecular flexibility index (Phi) is 3.32. The molecule has 0 amide bonds. The topological polar surface area (TPSA) is 19.9 Å². The van der Waals surface area contributed by atoms with Crippen molar-refractivity contribution in [2.45, 2.75) is 44.8 Å². The molecule has 0 atom stereocenters. The van der Waals surface area contributed by atoms with E-state index in [-0.39, 0.29) is 0 Å². The molecule has 0 aliphatic rings. The molecule has 3 heteroatoms.